The summed E-state index contributed by atoms with van der Waals surface area (Å²) in [5.41, 5.74) is 0.471. The van der Waals surface area contributed by atoms with Gasteiger partial charge in [-0.1, -0.05) is 12.1 Å². The Morgan fingerprint density at radius 2 is 1.89 bits per heavy atom. The molecule has 0 unspecified atom stereocenters. The normalized spacial score (nSPS) is 13.2. The number of nitrogens with one attached hydrogen (secondary N) is 1. The predicted molar refractivity (Wildman–Crippen MR) is 132 cm³/mol. The van der Waals surface area contributed by atoms with E-state index in [1.165, 1.54) is 11.6 Å². The van der Waals surface area contributed by atoms with Gasteiger partial charge in [-0.15, -0.1) is 11.3 Å². The molecule has 1 saturated carbocycles. The molecule has 1 fully saturated rings. The lowest BCUT2D eigenvalue weighted by Gasteiger charge is -2.11. The summed E-state index contributed by atoms with van der Waals surface area (Å²) in [4.78, 5) is 41.9. The van der Waals surface area contributed by atoms with Crippen molar-refractivity contribution in [1.82, 2.24) is 14.1 Å². The fourth-order valence-corrected chi connectivity index (χ4v) is 4.71. The fraction of sp³-hybridized carbons (Fsp3) is 0.280. The van der Waals surface area contributed by atoms with Crippen molar-refractivity contribution >= 4 is 33.3 Å². The molecule has 36 heavy (non-hydrogen) atoms. The fourth-order valence-electron chi connectivity index (χ4n) is 3.97. The van der Waals surface area contributed by atoms with E-state index in [4.69, 9.17) is 4.74 Å². The maximum atomic E-state index is 14.5. The Bertz CT molecular complexity index is 1600. The van der Waals surface area contributed by atoms with Gasteiger partial charge in [-0.25, -0.2) is 18.6 Å². The van der Waals surface area contributed by atoms with Gasteiger partial charge < -0.3 is 10.1 Å². The number of rotatable bonds is 7. The van der Waals surface area contributed by atoms with Crippen molar-refractivity contribution in [2.24, 2.45) is 20.0 Å². The summed E-state index contributed by atoms with van der Waals surface area (Å²) in [6.07, 6.45) is 1.88. The Morgan fingerprint density at radius 3 is 2.58 bits per heavy atom. The van der Waals surface area contributed by atoms with Crippen LogP contribution in [0.5, 0.6) is 5.75 Å². The molecule has 1 amide bonds. The quantitative estimate of drug-likeness (QED) is 0.408. The Hall–Kier alpha value is -3.86. The molecule has 2 heterocycles. The second-order valence-electron chi connectivity index (χ2n) is 8.80. The van der Waals surface area contributed by atoms with E-state index in [9.17, 15) is 23.2 Å². The number of benzene rings is 2. The zero-order chi connectivity index (χ0) is 25.6. The summed E-state index contributed by atoms with van der Waals surface area (Å²) >= 11 is 1.10. The second kappa shape index (κ2) is 9.30. The Balaban J connectivity index is 1.34. The topological polar surface area (TPSA) is 95.2 Å². The SMILES string of the molecule is Cn1c(=O)c2c(CC(=O)Nc3nc(-c4cc(F)c(OCC5CC5)c(F)c4)cs3)cccc2n(C)c1=O. The van der Waals surface area contributed by atoms with Gasteiger partial charge in [0.2, 0.25) is 5.91 Å². The number of amides is 1. The standard InChI is InChI=1S/C25H22F2N4O4S/c1-30-19-5-3-4-14(21(19)23(33)31(2)25(30)34)10-20(32)29-24-28-18(12-36-24)15-8-16(26)22(17(27)9-15)35-11-13-6-7-13/h3-5,8-9,12-13H,6-7,10-11H2,1-2H3,(H,28,29,32). The van der Waals surface area contributed by atoms with Crippen molar-refractivity contribution in [3.05, 3.63) is 73.7 Å². The zero-order valence-electron chi connectivity index (χ0n) is 19.5. The molecule has 2 aromatic carbocycles. The van der Waals surface area contributed by atoms with E-state index in [1.807, 2.05) is 0 Å². The number of carbonyl (C=O) groups excluding carboxylic acids is 1. The summed E-state index contributed by atoms with van der Waals surface area (Å²) in [5.74, 6) is -2.09. The van der Waals surface area contributed by atoms with Crippen LogP contribution in [0.15, 0.2) is 45.3 Å². The van der Waals surface area contributed by atoms with E-state index in [1.54, 1.807) is 30.6 Å². The van der Waals surface area contributed by atoms with Crippen LogP contribution in [0.3, 0.4) is 0 Å². The first-order valence-corrected chi connectivity index (χ1v) is 12.2. The Labute approximate surface area is 207 Å². The number of ether oxygens (including phenoxy) is 1. The number of hydrogen-bond acceptors (Lipinski definition) is 6. The van der Waals surface area contributed by atoms with Crippen LogP contribution in [0.2, 0.25) is 0 Å². The first kappa shape index (κ1) is 23.9. The molecule has 1 aliphatic rings. The van der Waals surface area contributed by atoms with Gasteiger partial charge in [0, 0.05) is 25.0 Å². The molecular formula is C25H22F2N4O4S. The lowest BCUT2D eigenvalue weighted by atomic mass is 10.1. The summed E-state index contributed by atoms with van der Waals surface area (Å²) in [7, 11) is 2.94. The van der Waals surface area contributed by atoms with Gasteiger partial charge in [-0.05, 0) is 42.5 Å². The van der Waals surface area contributed by atoms with Gasteiger partial charge in [0.15, 0.2) is 22.5 Å². The van der Waals surface area contributed by atoms with Crippen molar-refractivity contribution in [3.63, 3.8) is 0 Å². The van der Waals surface area contributed by atoms with Crippen LogP contribution >= 0.6 is 11.3 Å². The molecule has 0 spiro atoms. The van der Waals surface area contributed by atoms with E-state index in [0.29, 0.717) is 29.3 Å². The highest BCUT2D eigenvalue weighted by molar-refractivity contribution is 7.14. The van der Waals surface area contributed by atoms with Crippen LogP contribution in [0.1, 0.15) is 18.4 Å². The number of aryl methyl sites for hydroxylation is 1. The minimum atomic E-state index is -0.809. The highest BCUT2D eigenvalue weighted by Crippen LogP contribution is 2.34. The van der Waals surface area contributed by atoms with E-state index in [-0.39, 0.29) is 22.5 Å². The molecule has 0 aliphatic heterocycles. The number of fused-ring (bicyclic) bond motifs is 1. The molecule has 0 saturated heterocycles. The molecule has 11 heteroatoms. The average Bonchev–Trinajstić information content (AvgIpc) is 3.56. The lowest BCUT2D eigenvalue weighted by Crippen LogP contribution is -2.37. The minimum Gasteiger partial charge on any atom is -0.487 e. The zero-order valence-corrected chi connectivity index (χ0v) is 20.3. The van der Waals surface area contributed by atoms with Crippen molar-refractivity contribution in [1.29, 1.82) is 0 Å². The molecule has 1 N–H and O–H groups in total. The highest BCUT2D eigenvalue weighted by atomic mass is 32.1. The van der Waals surface area contributed by atoms with Gasteiger partial charge >= 0.3 is 5.69 Å². The van der Waals surface area contributed by atoms with Crippen LogP contribution < -0.4 is 21.3 Å². The number of nitrogens with zero attached hydrogens (tertiary/aromatic N) is 3. The van der Waals surface area contributed by atoms with Gasteiger partial charge in [-0.2, -0.15) is 0 Å². The third-order valence-corrected chi connectivity index (χ3v) is 6.90. The predicted octanol–water partition coefficient (Wildman–Crippen LogP) is 3.61. The van der Waals surface area contributed by atoms with E-state index in [2.05, 4.69) is 10.3 Å². The first-order chi connectivity index (χ1) is 17.2. The number of aromatic nitrogens is 3. The Kier molecular flexibility index (Phi) is 6.17. The van der Waals surface area contributed by atoms with Crippen molar-refractivity contribution in [3.8, 4) is 17.0 Å². The van der Waals surface area contributed by atoms with Gasteiger partial charge in [0.1, 0.15) is 0 Å². The smallest absolute Gasteiger partial charge is 0.330 e. The Morgan fingerprint density at radius 1 is 1.17 bits per heavy atom. The molecule has 8 nitrogen and oxygen atoms in total. The molecule has 0 bridgehead atoms. The number of halogens is 2. The summed E-state index contributed by atoms with van der Waals surface area (Å²) in [5, 5.41) is 4.77. The molecule has 186 valence electrons. The molecule has 0 radical (unpaired) electrons. The van der Waals surface area contributed by atoms with Gasteiger partial charge in [-0.3, -0.25) is 18.7 Å². The molecular weight excluding hydrogens is 490 g/mol. The lowest BCUT2D eigenvalue weighted by molar-refractivity contribution is -0.115. The third-order valence-electron chi connectivity index (χ3n) is 6.14. The molecule has 1 aliphatic carbocycles. The van der Waals surface area contributed by atoms with Crippen LogP contribution in [0, 0.1) is 17.6 Å². The van der Waals surface area contributed by atoms with Crippen molar-refractivity contribution < 1.29 is 18.3 Å². The monoisotopic (exact) mass is 512 g/mol. The highest BCUT2D eigenvalue weighted by Gasteiger charge is 2.24. The molecule has 0 atom stereocenters. The number of carbonyl (C=O) groups is 1. The summed E-state index contributed by atoms with van der Waals surface area (Å²) < 4.78 is 36.6. The van der Waals surface area contributed by atoms with Gasteiger partial charge in [0.05, 0.1) is 29.6 Å². The third kappa shape index (κ3) is 4.53. The van der Waals surface area contributed by atoms with E-state index in [0.717, 1.165) is 40.9 Å². The van der Waals surface area contributed by atoms with E-state index < -0.39 is 34.5 Å². The maximum Gasteiger partial charge on any atom is 0.330 e. The van der Waals surface area contributed by atoms with E-state index >= 15 is 0 Å². The van der Waals surface area contributed by atoms with Crippen molar-refractivity contribution in [2.75, 3.05) is 11.9 Å². The maximum absolute atomic E-state index is 14.5. The largest absolute Gasteiger partial charge is 0.487 e. The second-order valence-corrected chi connectivity index (χ2v) is 9.66. The van der Waals surface area contributed by atoms with Crippen LogP contribution in [0.4, 0.5) is 13.9 Å². The molecule has 5 rings (SSSR count). The van der Waals surface area contributed by atoms with Gasteiger partial charge in [0.25, 0.3) is 5.56 Å². The number of hydrogen-bond donors (Lipinski definition) is 1. The summed E-state index contributed by atoms with van der Waals surface area (Å²) in [6, 6.07) is 7.28. The number of thiazole rings is 1. The first-order valence-electron chi connectivity index (χ1n) is 11.3. The molecule has 4 aromatic rings. The van der Waals surface area contributed by atoms with Crippen LogP contribution in [-0.4, -0.2) is 26.6 Å². The average molecular weight is 513 g/mol. The van der Waals surface area contributed by atoms with Crippen LogP contribution in [-0.2, 0) is 25.3 Å². The summed E-state index contributed by atoms with van der Waals surface area (Å²) in [6.45, 7) is 0.291. The van der Waals surface area contributed by atoms with Crippen LogP contribution in [0.25, 0.3) is 22.2 Å². The molecule has 2 aromatic heterocycles. The number of anilines is 1. The minimum absolute atomic E-state index is 0.129. The van der Waals surface area contributed by atoms with Crippen molar-refractivity contribution in [2.45, 2.75) is 19.3 Å².